The van der Waals surface area contributed by atoms with E-state index in [0.29, 0.717) is 18.0 Å². The highest BCUT2D eigenvalue weighted by atomic mass is 16.5. The Bertz CT molecular complexity index is 425. The van der Waals surface area contributed by atoms with Crippen molar-refractivity contribution in [1.29, 1.82) is 0 Å². The first kappa shape index (κ1) is 16.0. The zero-order valence-corrected chi connectivity index (χ0v) is 14.3. The number of esters is 1. The van der Waals surface area contributed by atoms with E-state index in [9.17, 15) is 4.79 Å². The van der Waals surface area contributed by atoms with Gasteiger partial charge < -0.3 is 4.74 Å². The van der Waals surface area contributed by atoms with Gasteiger partial charge in [0.2, 0.25) is 0 Å². The molecule has 124 valence electrons. The number of carbonyl (C=O) groups excluding carboxylic acids is 1. The molecule has 3 fully saturated rings. The van der Waals surface area contributed by atoms with E-state index < -0.39 is 0 Å². The Morgan fingerprint density at radius 1 is 1.14 bits per heavy atom. The maximum absolute atomic E-state index is 12.5. The first-order valence-corrected chi connectivity index (χ1v) is 9.08. The van der Waals surface area contributed by atoms with Crippen molar-refractivity contribution in [3.8, 4) is 0 Å². The molecule has 3 rings (SSSR count). The molecule has 0 aromatic heterocycles. The normalized spacial score (nSPS) is 42.7. The Balaban J connectivity index is 1.73. The van der Waals surface area contributed by atoms with Crippen LogP contribution in [0.2, 0.25) is 0 Å². The summed E-state index contributed by atoms with van der Waals surface area (Å²) in [4.78, 5) is 14.9. The fourth-order valence-corrected chi connectivity index (χ4v) is 5.50. The third-order valence-corrected chi connectivity index (χ3v) is 6.67. The van der Waals surface area contributed by atoms with Crippen LogP contribution < -0.4 is 0 Å². The van der Waals surface area contributed by atoms with E-state index >= 15 is 0 Å². The number of methoxy groups -OCH3 is 1. The molecule has 3 unspecified atom stereocenters. The predicted molar refractivity (Wildman–Crippen MR) is 88.4 cm³/mol. The minimum atomic E-state index is 0.0396. The van der Waals surface area contributed by atoms with Crippen LogP contribution in [0.15, 0.2) is 12.2 Å². The molecule has 1 saturated carbocycles. The van der Waals surface area contributed by atoms with Gasteiger partial charge in [-0.15, -0.1) is 0 Å². The van der Waals surface area contributed by atoms with E-state index in [2.05, 4.69) is 31.0 Å². The minimum Gasteiger partial charge on any atom is -0.469 e. The Kier molecular flexibility index (Phi) is 4.91. The van der Waals surface area contributed by atoms with E-state index in [1.54, 1.807) is 7.11 Å². The van der Waals surface area contributed by atoms with Gasteiger partial charge in [-0.3, -0.25) is 9.69 Å². The molecule has 2 aliphatic heterocycles. The standard InChI is InChI=1S/C19H31NO2/c1-4-5-13-6-8-14(9-7-13)16-12-15-10-11-17(20(15)2)18(16)19(21)22-3/h4-5,13-18H,6-12H2,1-3H3/b5-4-/t13?,14?,15-,16?,17?,18?/m1/s1. The zero-order valence-electron chi connectivity index (χ0n) is 14.3. The van der Waals surface area contributed by atoms with Crippen molar-refractivity contribution in [3.63, 3.8) is 0 Å². The van der Waals surface area contributed by atoms with E-state index in [1.165, 1.54) is 44.9 Å². The predicted octanol–water partition coefficient (Wildman–Crippen LogP) is 3.64. The number of hydrogen-bond acceptors (Lipinski definition) is 3. The van der Waals surface area contributed by atoms with Crippen molar-refractivity contribution >= 4 is 5.97 Å². The van der Waals surface area contributed by atoms with Crippen molar-refractivity contribution in [1.82, 2.24) is 4.90 Å². The van der Waals surface area contributed by atoms with E-state index in [4.69, 9.17) is 4.74 Å². The van der Waals surface area contributed by atoms with Crippen molar-refractivity contribution < 1.29 is 9.53 Å². The Hall–Kier alpha value is -0.830. The molecule has 0 amide bonds. The van der Waals surface area contributed by atoms with Crippen molar-refractivity contribution in [3.05, 3.63) is 12.2 Å². The highest BCUT2D eigenvalue weighted by molar-refractivity contribution is 5.74. The topological polar surface area (TPSA) is 29.5 Å². The van der Waals surface area contributed by atoms with E-state index in [1.807, 2.05) is 0 Å². The van der Waals surface area contributed by atoms with Crippen LogP contribution in [0, 0.1) is 23.7 Å². The van der Waals surface area contributed by atoms with Gasteiger partial charge >= 0.3 is 5.97 Å². The van der Waals surface area contributed by atoms with E-state index in [0.717, 1.165) is 11.8 Å². The molecule has 22 heavy (non-hydrogen) atoms. The number of nitrogens with zero attached hydrogens (tertiary/aromatic N) is 1. The summed E-state index contributed by atoms with van der Waals surface area (Å²) in [5.74, 6) is 2.19. The summed E-state index contributed by atoms with van der Waals surface area (Å²) >= 11 is 0. The highest BCUT2D eigenvalue weighted by Gasteiger charge is 2.51. The monoisotopic (exact) mass is 305 g/mol. The first-order valence-electron chi connectivity index (χ1n) is 9.08. The molecule has 0 radical (unpaired) electrons. The Morgan fingerprint density at radius 2 is 1.86 bits per heavy atom. The molecular formula is C19H31NO2. The van der Waals surface area contributed by atoms with Crippen LogP contribution in [-0.2, 0) is 9.53 Å². The van der Waals surface area contributed by atoms with Crippen molar-refractivity contribution in [2.45, 2.75) is 64.0 Å². The number of carbonyl (C=O) groups is 1. The highest BCUT2D eigenvalue weighted by Crippen LogP contribution is 2.48. The summed E-state index contributed by atoms with van der Waals surface area (Å²) < 4.78 is 5.19. The molecule has 0 aromatic carbocycles. The maximum Gasteiger partial charge on any atom is 0.310 e. The van der Waals surface area contributed by atoms with E-state index in [-0.39, 0.29) is 11.9 Å². The number of ether oxygens (including phenoxy) is 1. The molecule has 3 nitrogen and oxygen atoms in total. The van der Waals surface area contributed by atoms with Gasteiger partial charge in [0, 0.05) is 12.1 Å². The Morgan fingerprint density at radius 3 is 2.50 bits per heavy atom. The van der Waals surface area contributed by atoms with Gasteiger partial charge in [0.1, 0.15) is 0 Å². The summed E-state index contributed by atoms with van der Waals surface area (Å²) in [6, 6.07) is 1.12. The summed E-state index contributed by atoms with van der Waals surface area (Å²) in [5, 5.41) is 0. The average Bonchev–Trinajstić information content (AvgIpc) is 2.77. The molecule has 0 aromatic rings. The molecule has 2 heterocycles. The maximum atomic E-state index is 12.5. The van der Waals surface area contributed by atoms with Crippen LogP contribution in [0.3, 0.4) is 0 Å². The number of hydrogen-bond donors (Lipinski definition) is 0. The second-order valence-corrected chi connectivity index (χ2v) is 7.61. The summed E-state index contributed by atoms with van der Waals surface area (Å²) in [6.45, 7) is 2.12. The van der Waals surface area contributed by atoms with Crippen LogP contribution in [0.5, 0.6) is 0 Å². The fraction of sp³-hybridized carbons (Fsp3) is 0.842. The second-order valence-electron chi connectivity index (χ2n) is 7.61. The second kappa shape index (κ2) is 6.74. The third kappa shape index (κ3) is 2.84. The van der Waals surface area contributed by atoms with Crippen LogP contribution >= 0.6 is 0 Å². The van der Waals surface area contributed by atoms with Gasteiger partial charge in [0.15, 0.2) is 0 Å². The summed E-state index contributed by atoms with van der Waals surface area (Å²) in [6.07, 6.45) is 13.4. The lowest BCUT2D eigenvalue weighted by molar-refractivity contribution is -0.154. The smallest absolute Gasteiger partial charge is 0.310 e. The van der Waals surface area contributed by atoms with Crippen LogP contribution in [-0.4, -0.2) is 37.1 Å². The number of allylic oxidation sites excluding steroid dienone is 2. The molecular weight excluding hydrogens is 274 g/mol. The molecule has 3 heteroatoms. The average molecular weight is 305 g/mol. The quantitative estimate of drug-likeness (QED) is 0.589. The van der Waals surface area contributed by atoms with Crippen LogP contribution in [0.25, 0.3) is 0 Å². The van der Waals surface area contributed by atoms with Gasteiger partial charge in [-0.2, -0.15) is 0 Å². The molecule has 2 bridgehead atoms. The number of fused-ring (bicyclic) bond motifs is 2. The molecule has 3 aliphatic rings. The molecule has 0 N–H and O–H groups in total. The SMILES string of the molecule is C/C=C\C1CCC(C2C[C@H]3CCC(C2C(=O)OC)N3C)CC1. The van der Waals surface area contributed by atoms with Crippen LogP contribution in [0.1, 0.15) is 51.9 Å². The fourth-order valence-electron chi connectivity index (χ4n) is 5.50. The lowest BCUT2D eigenvalue weighted by atomic mass is 9.67. The van der Waals surface area contributed by atoms with Gasteiger partial charge in [-0.1, -0.05) is 12.2 Å². The molecule has 0 spiro atoms. The molecule has 4 atom stereocenters. The molecule has 2 saturated heterocycles. The van der Waals surface area contributed by atoms with Crippen molar-refractivity contribution in [2.75, 3.05) is 14.2 Å². The van der Waals surface area contributed by atoms with Crippen molar-refractivity contribution in [2.24, 2.45) is 23.7 Å². The molecule has 1 aliphatic carbocycles. The zero-order chi connectivity index (χ0) is 15.7. The van der Waals surface area contributed by atoms with Gasteiger partial charge in [0.05, 0.1) is 13.0 Å². The summed E-state index contributed by atoms with van der Waals surface area (Å²) in [5.41, 5.74) is 0. The largest absolute Gasteiger partial charge is 0.469 e. The summed E-state index contributed by atoms with van der Waals surface area (Å²) in [7, 11) is 3.76. The van der Waals surface area contributed by atoms with Crippen LogP contribution in [0.4, 0.5) is 0 Å². The number of piperidine rings is 1. The lowest BCUT2D eigenvalue weighted by Crippen LogP contribution is -2.52. The van der Waals surface area contributed by atoms with Gasteiger partial charge in [-0.25, -0.2) is 0 Å². The third-order valence-electron chi connectivity index (χ3n) is 6.67. The first-order chi connectivity index (χ1) is 10.7. The Labute approximate surface area is 135 Å². The number of rotatable bonds is 3. The van der Waals surface area contributed by atoms with Gasteiger partial charge in [-0.05, 0) is 76.7 Å². The van der Waals surface area contributed by atoms with Gasteiger partial charge in [0.25, 0.3) is 0 Å². The lowest BCUT2D eigenvalue weighted by Gasteiger charge is -2.46. The minimum absolute atomic E-state index is 0.0396.